The Morgan fingerprint density at radius 1 is 1.04 bits per heavy atom. The molecular weight excluding hydrogens is 358 g/mol. The molecule has 2 aromatic rings. The van der Waals surface area contributed by atoms with E-state index in [1.165, 1.54) is 0 Å². The van der Waals surface area contributed by atoms with E-state index in [4.69, 9.17) is 16.9 Å². The maximum atomic E-state index is 12.6. The average Bonchev–Trinajstić information content (AvgIpc) is 2.62. The lowest BCUT2D eigenvalue weighted by Gasteiger charge is -2.35. The molecule has 0 saturated carbocycles. The van der Waals surface area contributed by atoms with Crippen LogP contribution in [0.15, 0.2) is 48.5 Å². The quantitative estimate of drug-likeness (QED) is 0.824. The number of nitrogens with zero attached hydrogens (tertiary/aromatic N) is 3. The molecule has 5 nitrogen and oxygen atoms in total. The van der Waals surface area contributed by atoms with Crippen LogP contribution >= 0.6 is 11.6 Å². The smallest absolute Gasteiger partial charge is 0.218 e. The standard InChI is InChI=1S/C18H18ClN3O2S/c19-18-12-17(7-6-16(18)13-20)21-8-10-22(11-9-21)25(23,24)14-15-4-2-1-3-5-15/h1-7,12H,8-11,14H2. The van der Waals surface area contributed by atoms with E-state index in [-0.39, 0.29) is 5.75 Å². The van der Waals surface area contributed by atoms with Gasteiger partial charge in [0.25, 0.3) is 0 Å². The zero-order chi connectivity index (χ0) is 17.9. The molecule has 0 radical (unpaired) electrons. The summed E-state index contributed by atoms with van der Waals surface area (Å²) in [4.78, 5) is 2.08. The molecule has 1 aliphatic rings. The summed E-state index contributed by atoms with van der Waals surface area (Å²) in [6.07, 6.45) is 0. The second-order valence-corrected chi connectivity index (χ2v) is 8.28. The number of hydrogen-bond donors (Lipinski definition) is 0. The summed E-state index contributed by atoms with van der Waals surface area (Å²) in [5.74, 6) is 0.0243. The normalized spacial score (nSPS) is 15.8. The number of hydrogen-bond acceptors (Lipinski definition) is 4. The molecule has 0 aromatic heterocycles. The highest BCUT2D eigenvalue weighted by Crippen LogP contribution is 2.25. The van der Waals surface area contributed by atoms with Crippen LogP contribution in [0.2, 0.25) is 5.02 Å². The van der Waals surface area contributed by atoms with Crippen LogP contribution in [0.3, 0.4) is 0 Å². The Hall–Kier alpha value is -2.07. The highest BCUT2D eigenvalue weighted by atomic mass is 35.5. The summed E-state index contributed by atoms with van der Waals surface area (Å²) >= 11 is 6.08. The first-order valence-corrected chi connectivity index (χ1v) is 9.95. The Bertz CT molecular complexity index is 886. The first-order chi connectivity index (χ1) is 12.0. The highest BCUT2D eigenvalue weighted by molar-refractivity contribution is 7.88. The minimum absolute atomic E-state index is 0.0243. The number of nitriles is 1. The highest BCUT2D eigenvalue weighted by Gasteiger charge is 2.27. The zero-order valence-corrected chi connectivity index (χ0v) is 15.2. The minimum Gasteiger partial charge on any atom is -0.369 e. The van der Waals surface area contributed by atoms with Crippen LogP contribution in [-0.2, 0) is 15.8 Å². The van der Waals surface area contributed by atoms with Gasteiger partial charge in [0.05, 0.1) is 16.3 Å². The molecule has 3 rings (SSSR count). The van der Waals surface area contributed by atoms with E-state index >= 15 is 0 Å². The molecule has 1 aliphatic heterocycles. The lowest BCUT2D eigenvalue weighted by molar-refractivity contribution is 0.384. The number of halogens is 1. The van der Waals surface area contributed by atoms with Crippen LogP contribution in [0.25, 0.3) is 0 Å². The van der Waals surface area contributed by atoms with E-state index in [9.17, 15) is 8.42 Å². The van der Waals surface area contributed by atoms with E-state index in [1.807, 2.05) is 42.5 Å². The van der Waals surface area contributed by atoms with Gasteiger partial charge in [-0.05, 0) is 23.8 Å². The largest absolute Gasteiger partial charge is 0.369 e. The predicted molar refractivity (Wildman–Crippen MR) is 99.0 cm³/mol. The predicted octanol–water partition coefficient (Wildman–Crippen LogP) is 2.86. The third-order valence-corrected chi connectivity index (χ3v) is 6.42. The van der Waals surface area contributed by atoms with E-state index < -0.39 is 10.0 Å². The van der Waals surface area contributed by atoms with Crippen molar-refractivity contribution in [3.05, 3.63) is 64.7 Å². The maximum Gasteiger partial charge on any atom is 0.218 e. The van der Waals surface area contributed by atoms with E-state index in [2.05, 4.69) is 4.90 Å². The number of sulfonamides is 1. The van der Waals surface area contributed by atoms with Gasteiger partial charge in [0.15, 0.2) is 0 Å². The molecule has 1 fully saturated rings. The van der Waals surface area contributed by atoms with Gasteiger partial charge < -0.3 is 4.90 Å². The van der Waals surface area contributed by atoms with Gasteiger partial charge in [0.1, 0.15) is 6.07 Å². The maximum absolute atomic E-state index is 12.6. The second kappa shape index (κ2) is 7.44. The van der Waals surface area contributed by atoms with Gasteiger partial charge in [0, 0.05) is 31.9 Å². The summed E-state index contributed by atoms with van der Waals surface area (Å²) in [5, 5.41) is 9.36. The number of anilines is 1. The Kier molecular flexibility index (Phi) is 5.28. The molecule has 0 unspecified atom stereocenters. The number of benzene rings is 2. The minimum atomic E-state index is -3.32. The Balaban J connectivity index is 1.65. The summed E-state index contributed by atoms with van der Waals surface area (Å²) < 4.78 is 26.7. The Labute approximate surface area is 153 Å². The van der Waals surface area contributed by atoms with Crippen molar-refractivity contribution in [2.24, 2.45) is 0 Å². The first-order valence-electron chi connectivity index (χ1n) is 7.96. The molecule has 0 bridgehead atoms. The fourth-order valence-electron chi connectivity index (χ4n) is 2.89. The van der Waals surface area contributed by atoms with Crippen LogP contribution in [0.4, 0.5) is 5.69 Å². The summed E-state index contributed by atoms with van der Waals surface area (Å²) in [7, 11) is -3.32. The third kappa shape index (κ3) is 4.13. The molecule has 25 heavy (non-hydrogen) atoms. The summed E-state index contributed by atoms with van der Waals surface area (Å²) in [6.45, 7) is 2.06. The van der Waals surface area contributed by atoms with E-state index in [1.54, 1.807) is 16.4 Å². The van der Waals surface area contributed by atoms with Gasteiger partial charge in [0.2, 0.25) is 10.0 Å². The van der Waals surface area contributed by atoms with Gasteiger partial charge in [-0.1, -0.05) is 41.9 Å². The SMILES string of the molecule is N#Cc1ccc(N2CCN(S(=O)(=O)Cc3ccccc3)CC2)cc1Cl. The van der Waals surface area contributed by atoms with Gasteiger partial charge in [-0.15, -0.1) is 0 Å². The fourth-order valence-corrected chi connectivity index (χ4v) is 4.62. The second-order valence-electron chi connectivity index (χ2n) is 5.90. The zero-order valence-electron chi connectivity index (χ0n) is 13.6. The molecule has 1 saturated heterocycles. The van der Waals surface area contributed by atoms with Crippen molar-refractivity contribution in [3.63, 3.8) is 0 Å². The number of piperazine rings is 1. The molecule has 0 atom stereocenters. The molecule has 0 spiro atoms. The molecule has 0 amide bonds. The molecule has 1 heterocycles. The molecule has 7 heteroatoms. The molecule has 130 valence electrons. The van der Waals surface area contributed by atoms with Crippen molar-refractivity contribution in [3.8, 4) is 6.07 Å². The van der Waals surface area contributed by atoms with Crippen LogP contribution in [0.5, 0.6) is 0 Å². The summed E-state index contributed by atoms with van der Waals surface area (Å²) in [5.41, 5.74) is 2.14. The third-order valence-electron chi connectivity index (χ3n) is 4.26. The monoisotopic (exact) mass is 375 g/mol. The molecular formula is C18H18ClN3O2S. The lowest BCUT2D eigenvalue weighted by Crippen LogP contribution is -2.49. The fraction of sp³-hybridized carbons (Fsp3) is 0.278. The van der Waals surface area contributed by atoms with Crippen molar-refractivity contribution in [2.45, 2.75) is 5.75 Å². The van der Waals surface area contributed by atoms with Crippen molar-refractivity contribution in [1.29, 1.82) is 5.26 Å². The van der Waals surface area contributed by atoms with Crippen molar-refractivity contribution >= 4 is 27.3 Å². The average molecular weight is 376 g/mol. The molecule has 2 aromatic carbocycles. The first kappa shape index (κ1) is 17.7. The topological polar surface area (TPSA) is 64.4 Å². The van der Waals surface area contributed by atoms with Crippen LogP contribution < -0.4 is 4.90 Å². The molecule has 0 aliphatic carbocycles. The van der Waals surface area contributed by atoms with Crippen molar-refractivity contribution in [2.75, 3.05) is 31.1 Å². The van der Waals surface area contributed by atoms with Gasteiger partial charge in [-0.2, -0.15) is 9.57 Å². The summed E-state index contributed by atoms with van der Waals surface area (Å²) in [6, 6.07) is 16.5. The van der Waals surface area contributed by atoms with Gasteiger partial charge >= 0.3 is 0 Å². The van der Waals surface area contributed by atoms with E-state index in [0.29, 0.717) is 36.8 Å². The Morgan fingerprint density at radius 3 is 2.32 bits per heavy atom. The lowest BCUT2D eigenvalue weighted by atomic mass is 10.2. The number of rotatable bonds is 4. The van der Waals surface area contributed by atoms with Gasteiger partial charge in [-0.25, -0.2) is 8.42 Å². The molecule has 0 N–H and O–H groups in total. The van der Waals surface area contributed by atoms with Crippen LogP contribution in [0.1, 0.15) is 11.1 Å². The van der Waals surface area contributed by atoms with E-state index in [0.717, 1.165) is 11.3 Å². The van der Waals surface area contributed by atoms with Crippen LogP contribution in [0, 0.1) is 11.3 Å². The van der Waals surface area contributed by atoms with Gasteiger partial charge in [-0.3, -0.25) is 0 Å². The van der Waals surface area contributed by atoms with Crippen LogP contribution in [-0.4, -0.2) is 38.9 Å². The Morgan fingerprint density at radius 2 is 1.72 bits per heavy atom. The van der Waals surface area contributed by atoms with Crippen molar-refractivity contribution in [1.82, 2.24) is 4.31 Å². The van der Waals surface area contributed by atoms with Crippen molar-refractivity contribution < 1.29 is 8.42 Å².